The molecule has 0 amide bonds. The Morgan fingerprint density at radius 1 is 1.24 bits per heavy atom. The van der Waals surface area contributed by atoms with Gasteiger partial charge in [0.15, 0.2) is 9.84 Å². The second-order valence-corrected chi connectivity index (χ2v) is 8.24. The molecule has 21 heavy (non-hydrogen) atoms. The first kappa shape index (κ1) is 16.5. The molecule has 1 aromatic rings. The molecule has 1 aromatic carbocycles. The Morgan fingerprint density at radius 3 is 2.33 bits per heavy atom. The maximum atomic E-state index is 11.4. The minimum atomic E-state index is -3.10. The largest absolute Gasteiger partial charge is 0.310 e. The Balaban J connectivity index is 1.85. The fourth-order valence-electron chi connectivity index (χ4n) is 2.83. The van der Waals surface area contributed by atoms with Gasteiger partial charge in [-0.1, -0.05) is 12.1 Å². The maximum absolute atomic E-state index is 11.4. The van der Waals surface area contributed by atoms with Crippen LogP contribution in [-0.4, -0.2) is 45.8 Å². The van der Waals surface area contributed by atoms with E-state index in [4.69, 9.17) is 0 Å². The molecule has 1 saturated heterocycles. The van der Waals surface area contributed by atoms with Crippen molar-refractivity contribution in [1.82, 2.24) is 10.2 Å². The summed E-state index contributed by atoms with van der Waals surface area (Å²) in [7, 11) is -0.920. The number of nitrogens with zero attached hydrogens (tertiary/aromatic N) is 1. The van der Waals surface area contributed by atoms with Gasteiger partial charge in [0.1, 0.15) is 0 Å². The van der Waals surface area contributed by atoms with Crippen molar-refractivity contribution >= 4 is 9.84 Å². The smallest absolute Gasteiger partial charge is 0.175 e. The van der Waals surface area contributed by atoms with Crippen molar-refractivity contribution in [1.29, 1.82) is 0 Å². The zero-order valence-corrected chi connectivity index (χ0v) is 14.0. The first-order valence-corrected chi connectivity index (χ1v) is 9.46. The summed E-state index contributed by atoms with van der Waals surface area (Å²) in [5.74, 6) is 0.733. The molecule has 0 aliphatic carbocycles. The molecule has 0 saturated carbocycles. The number of piperidine rings is 1. The van der Waals surface area contributed by atoms with E-state index in [1.54, 1.807) is 12.1 Å². The van der Waals surface area contributed by atoms with Gasteiger partial charge in [0.2, 0.25) is 0 Å². The summed E-state index contributed by atoms with van der Waals surface area (Å²) < 4.78 is 22.8. The molecule has 0 radical (unpaired) electrons. The number of sulfone groups is 1. The molecular formula is C16H26N2O2S. The molecule has 0 aromatic heterocycles. The van der Waals surface area contributed by atoms with Crippen molar-refractivity contribution in [3.8, 4) is 0 Å². The molecule has 2 rings (SSSR count). The number of hydrogen-bond acceptors (Lipinski definition) is 4. The van der Waals surface area contributed by atoms with Crippen molar-refractivity contribution in [2.24, 2.45) is 5.92 Å². The first-order chi connectivity index (χ1) is 9.86. The Kier molecular flexibility index (Phi) is 5.41. The van der Waals surface area contributed by atoms with Crippen LogP contribution >= 0.6 is 0 Å². The highest BCUT2D eigenvalue weighted by Crippen LogP contribution is 2.20. The zero-order valence-electron chi connectivity index (χ0n) is 13.2. The van der Waals surface area contributed by atoms with E-state index < -0.39 is 9.84 Å². The number of hydrogen-bond donors (Lipinski definition) is 1. The predicted molar refractivity (Wildman–Crippen MR) is 86.1 cm³/mol. The van der Waals surface area contributed by atoms with Crippen LogP contribution in [0.5, 0.6) is 0 Å². The van der Waals surface area contributed by atoms with Crippen molar-refractivity contribution in [2.75, 3.05) is 26.4 Å². The van der Waals surface area contributed by atoms with Gasteiger partial charge in [-0.2, -0.15) is 0 Å². The van der Waals surface area contributed by atoms with E-state index in [1.807, 2.05) is 12.1 Å². The van der Waals surface area contributed by atoms with Gasteiger partial charge >= 0.3 is 0 Å². The quantitative estimate of drug-likeness (QED) is 0.902. The maximum Gasteiger partial charge on any atom is 0.175 e. The number of nitrogens with one attached hydrogen (secondary N) is 1. The van der Waals surface area contributed by atoms with Crippen molar-refractivity contribution in [3.05, 3.63) is 29.8 Å². The molecule has 0 bridgehead atoms. The summed E-state index contributed by atoms with van der Waals surface area (Å²) in [6, 6.07) is 7.66. The van der Waals surface area contributed by atoms with E-state index in [1.165, 1.54) is 32.2 Å². The third-order valence-electron chi connectivity index (χ3n) is 4.45. The fraction of sp³-hybridized carbons (Fsp3) is 0.625. The summed E-state index contributed by atoms with van der Waals surface area (Å²) in [5.41, 5.74) is 1.13. The molecule has 4 nitrogen and oxygen atoms in total. The lowest BCUT2D eigenvalue weighted by atomic mass is 9.90. The number of likely N-dealkylation sites (tertiary alicyclic amines) is 1. The molecule has 1 heterocycles. The standard InChI is InChI=1S/C16H26N2O2S/c1-13(15-8-10-18(2)11-9-15)17-12-14-4-6-16(7-5-14)21(3,19)20/h4-7,13,15,17H,8-12H2,1-3H3. The molecule has 1 unspecified atom stereocenters. The average Bonchev–Trinajstić information content (AvgIpc) is 2.45. The van der Waals surface area contributed by atoms with E-state index in [-0.39, 0.29) is 0 Å². The summed E-state index contributed by atoms with van der Waals surface area (Å²) in [5, 5.41) is 3.57. The van der Waals surface area contributed by atoms with E-state index in [2.05, 4.69) is 24.2 Å². The SMILES string of the molecule is CC(NCc1ccc(S(C)(=O)=O)cc1)C1CCN(C)CC1. The summed E-state index contributed by atoms with van der Waals surface area (Å²) in [6.45, 7) is 5.40. The van der Waals surface area contributed by atoms with Crippen LogP contribution in [0, 0.1) is 5.92 Å². The first-order valence-electron chi connectivity index (χ1n) is 7.57. The van der Waals surface area contributed by atoms with Gasteiger partial charge in [0, 0.05) is 18.8 Å². The second-order valence-electron chi connectivity index (χ2n) is 6.23. The molecule has 0 spiro atoms. The van der Waals surface area contributed by atoms with Crippen LogP contribution in [0.15, 0.2) is 29.2 Å². The molecule has 1 fully saturated rings. The third kappa shape index (κ3) is 4.80. The van der Waals surface area contributed by atoms with E-state index in [0.29, 0.717) is 10.9 Å². The van der Waals surface area contributed by atoms with Gasteiger partial charge in [0.25, 0.3) is 0 Å². The third-order valence-corrected chi connectivity index (χ3v) is 5.58. The molecule has 1 aliphatic heterocycles. The Hall–Kier alpha value is -0.910. The number of rotatable bonds is 5. The second kappa shape index (κ2) is 6.90. The van der Waals surface area contributed by atoms with Crippen molar-refractivity contribution in [3.63, 3.8) is 0 Å². The minimum Gasteiger partial charge on any atom is -0.310 e. The normalized spacial score (nSPS) is 19.6. The lowest BCUT2D eigenvalue weighted by Crippen LogP contribution is -2.40. The monoisotopic (exact) mass is 310 g/mol. The molecule has 1 aliphatic rings. The Morgan fingerprint density at radius 2 is 1.81 bits per heavy atom. The van der Waals surface area contributed by atoms with E-state index in [0.717, 1.165) is 18.0 Å². The van der Waals surface area contributed by atoms with Crippen LogP contribution in [0.4, 0.5) is 0 Å². The van der Waals surface area contributed by atoms with Gasteiger partial charge in [-0.15, -0.1) is 0 Å². The Labute approximate surface area is 128 Å². The number of benzene rings is 1. The van der Waals surface area contributed by atoms with Crippen LogP contribution < -0.4 is 5.32 Å². The van der Waals surface area contributed by atoms with Crippen LogP contribution in [0.2, 0.25) is 0 Å². The van der Waals surface area contributed by atoms with Gasteiger partial charge < -0.3 is 10.2 Å². The zero-order chi connectivity index (χ0) is 15.5. The van der Waals surface area contributed by atoms with Crippen molar-refractivity contribution < 1.29 is 8.42 Å². The summed E-state index contributed by atoms with van der Waals surface area (Å²) >= 11 is 0. The predicted octanol–water partition coefficient (Wildman–Crippen LogP) is 1.91. The highest BCUT2D eigenvalue weighted by molar-refractivity contribution is 7.90. The lowest BCUT2D eigenvalue weighted by molar-refractivity contribution is 0.189. The van der Waals surface area contributed by atoms with Crippen molar-refractivity contribution in [2.45, 2.75) is 37.2 Å². The van der Waals surface area contributed by atoms with E-state index >= 15 is 0 Å². The van der Waals surface area contributed by atoms with Gasteiger partial charge in [0.05, 0.1) is 4.90 Å². The van der Waals surface area contributed by atoms with Gasteiger partial charge in [-0.3, -0.25) is 0 Å². The lowest BCUT2D eigenvalue weighted by Gasteiger charge is -2.33. The topological polar surface area (TPSA) is 49.4 Å². The van der Waals surface area contributed by atoms with Gasteiger partial charge in [-0.25, -0.2) is 8.42 Å². The molecule has 118 valence electrons. The molecular weight excluding hydrogens is 284 g/mol. The molecule has 1 atom stereocenters. The highest BCUT2D eigenvalue weighted by Gasteiger charge is 2.21. The fourth-order valence-corrected chi connectivity index (χ4v) is 3.46. The van der Waals surface area contributed by atoms with Crippen LogP contribution in [0.3, 0.4) is 0 Å². The minimum absolute atomic E-state index is 0.384. The average molecular weight is 310 g/mol. The van der Waals surface area contributed by atoms with Gasteiger partial charge in [-0.05, 0) is 63.5 Å². The van der Waals surface area contributed by atoms with E-state index in [9.17, 15) is 8.42 Å². The van der Waals surface area contributed by atoms with Crippen LogP contribution in [-0.2, 0) is 16.4 Å². The summed E-state index contributed by atoms with van der Waals surface area (Å²) in [6.07, 6.45) is 3.73. The highest BCUT2D eigenvalue weighted by atomic mass is 32.2. The van der Waals surface area contributed by atoms with Crippen LogP contribution in [0.1, 0.15) is 25.3 Å². The molecule has 1 N–H and O–H groups in total. The summed E-state index contributed by atoms with van der Waals surface area (Å²) in [4.78, 5) is 2.77. The Bertz CT molecular complexity index is 546. The molecule has 5 heteroatoms. The van der Waals surface area contributed by atoms with Crippen LogP contribution in [0.25, 0.3) is 0 Å².